The van der Waals surface area contributed by atoms with Crippen LogP contribution >= 0.6 is 11.3 Å². The first-order valence-corrected chi connectivity index (χ1v) is 9.64. The predicted octanol–water partition coefficient (Wildman–Crippen LogP) is 4.01. The number of carbonyl (C=O) groups is 1. The van der Waals surface area contributed by atoms with Crippen LogP contribution < -0.4 is 14.8 Å². The molecule has 28 heavy (non-hydrogen) atoms. The number of rotatable bonds is 6. The number of aromatic nitrogens is 2. The van der Waals surface area contributed by atoms with Crippen LogP contribution in [0.25, 0.3) is 16.9 Å². The fourth-order valence-electron chi connectivity index (χ4n) is 3.11. The van der Waals surface area contributed by atoms with E-state index in [-0.39, 0.29) is 5.91 Å². The lowest BCUT2D eigenvalue weighted by molar-refractivity contribution is 0.0947. The Bertz CT molecular complexity index is 1120. The smallest absolute Gasteiger partial charge is 0.272 e. The van der Waals surface area contributed by atoms with Crippen LogP contribution in [0.15, 0.2) is 59.4 Å². The van der Waals surface area contributed by atoms with Crippen molar-refractivity contribution in [3.63, 3.8) is 0 Å². The number of imidazole rings is 1. The summed E-state index contributed by atoms with van der Waals surface area (Å²) in [5, 5.41) is 6.96. The molecule has 0 saturated heterocycles. The van der Waals surface area contributed by atoms with E-state index in [1.807, 2.05) is 63.8 Å². The third-order valence-electron chi connectivity index (χ3n) is 4.47. The number of benzene rings is 1. The van der Waals surface area contributed by atoms with Crippen LogP contribution in [-0.2, 0) is 6.54 Å². The van der Waals surface area contributed by atoms with Gasteiger partial charge in [0.05, 0.1) is 19.9 Å². The number of pyridine rings is 1. The van der Waals surface area contributed by atoms with Gasteiger partial charge in [-0.25, -0.2) is 4.98 Å². The molecule has 3 heterocycles. The van der Waals surface area contributed by atoms with Crippen LogP contribution in [0.2, 0.25) is 0 Å². The number of hydrogen-bond donors (Lipinski definition) is 1. The van der Waals surface area contributed by atoms with Crippen molar-refractivity contribution in [1.82, 2.24) is 14.7 Å². The standard InChI is InChI=1S/C21H19N3O3S/c1-26-16-6-7-17(27-2)15(11-16)12-22-21(25)19-20(14-8-10-28-13-14)24-9-4-3-5-18(24)23-19/h3-11,13H,12H2,1-2H3,(H,22,25). The van der Waals surface area contributed by atoms with Crippen molar-refractivity contribution in [3.8, 4) is 22.8 Å². The van der Waals surface area contributed by atoms with E-state index in [1.54, 1.807) is 25.6 Å². The molecule has 1 N–H and O–H groups in total. The molecule has 3 aromatic heterocycles. The first-order valence-electron chi connectivity index (χ1n) is 8.70. The fourth-order valence-corrected chi connectivity index (χ4v) is 3.75. The maximum Gasteiger partial charge on any atom is 0.272 e. The summed E-state index contributed by atoms with van der Waals surface area (Å²) in [6, 6.07) is 13.2. The number of fused-ring (bicyclic) bond motifs is 1. The van der Waals surface area contributed by atoms with Gasteiger partial charge in [-0.15, -0.1) is 0 Å². The largest absolute Gasteiger partial charge is 0.497 e. The minimum absolute atomic E-state index is 0.241. The van der Waals surface area contributed by atoms with Crippen LogP contribution in [0.1, 0.15) is 16.1 Å². The number of ether oxygens (including phenoxy) is 2. The summed E-state index contributed by atoms with van der Waals surface area (Å²) in [5.41, 5.74) is 3.70. The van der Waals surface area contributed by atoms with E-state index < -0.39 is 0 Å². The number of carbonyl (C=O) groups excluding carboxylic acids is 1. The Morgan fingerprint density at radius 3 is 2.82 bits per heavy atom. The Hall–Kier alpha value is -3.32. The summed E-state index contributed by atoms with van der Waals surface area (Å²) in [6.45, 7) is 0.302. The first-order chi connectivity index (χ1) is 13.7. The SMILES string of the molecule is COc1ccc(OC)c(CNC(=O)c2nc3ccccn3c2-c2ccsc2)c1. The average Bonchev–Trinajstić information content (AvgIpc) is 3.39. The number of nitrogens with one attached hydrogen (secondary N) is 1. The van der Waals surface area contributed by atoms with Crippen LogP contribution in [0.5, 0.6) is 11.5 Å². The second-order valence-corrected chi connectivity index (χ2v) is 6.89. The first kappa shape index (κ1) is 18.1. The van der Waals surface area contributed by atoms with Crippen molar-refractivity contribution in [2.24, 2.45) is 0 Å². The quantitative estimate of drug-likeness (QED) is 0.538. The summed E-state index contributed by atoms with van der Waals surface area (Å²) < 4.78 is 12.6. The van der Waals surface area contributed by atoms with E-state index >= 15 is 0 Å². The van der Waals surface area contributed by atoms with Gasteiger partial charge in [-0.3, -0.25) is 9.20 Å². The van der Waals surface area contributed by atoms with E-state index in [0.717, 1.165) is 22.5 Å². The summed E-state index contributed by atoms with van der Waals surface area (Å²) in [7, 11) is 3.21. The molecular formula is C21H19N3O3S. The zero-order valence-corrected chi connectivity index (χ0v) is 16.3. The van der Waals surface area contributed by atoms with Gasteiger partial charge in [0.1, 0.15) is 17.1 Å². The van der Waals surface area contributed by atoms with Crippen LogP contribution in [0.4, 0.5) is 0 Å². The van der Waals surface area contributed by atoms with Crippen LogP contribution in [0.3, 0.4) is 0 Å². The van der Waals surface area contributed by atoms with E-state index in [1.165, 1.54) is 0 Å². The highest BCUT2D eigenvalue weighted by Crippen LogP contribution is 2.28. The molecule has 0 bridgehead atoms. The summed E-state index contributed by atoms with van der Waals surface area (Å²) >= 11 is 1.58. The van der Waals surface area contributed by atoms with E-state index in [9.17, 15) is 4.79 Å². The summed E-state index contributed by atoms with van der Waals surface area (Å²) in [4.78, 5) is 17.6. The van der Waals surface area contributed by atoms with Crippen molar-refractivity contribution >= 4 is 22.9 Å². The molecule has 1 aromatic carbocycles. The molecule has 0 aliphatic rings. The molecule has 4 aromatic rings. The van der Waals surface area contributed by atoms with Gasteiger partial charge in [0, 0.05) is 29.2 Å². The minimum atomic E-state index is -0.241. The third-order valence-corrected chi connectivity index (χ3v) is 5.15. The molecular weight excluding hydrogens is 374 g/mol. The Labute approximate surface area is 166 Å². The Kier molecular flexibility index (Phi) is 4.99. The molecule has 0 fully saturated rings. The maximum absolute atomic E-state index is 13.0. The van der Waals surface area contributed by atoms with Gasteiger partial charge in [-0.2, -0.15) is 11.3 Å². The number of amides is 1. The highest BCUT2D eigenvalue weighted by Gasteiger charge is 2.20. The molecule has 0 atom stereocenters. The Morgan fingerprint density at radius 1 is 1.18 bits per heavy atom. The van der Waals surface area contributed by atoms with Gasteiger partial charge < -0.3 is 14.8 Å². The molecule has 6 nitrogen and oxygen atoms in total. The monoisotopic (exact) mass is 393 g/mol. The van der Waals surface area contributed by atoms with E-state index in [2.05, 4.69) is 10.3 Å². The number of thiophene rings is 1. The Morgan fingerprint density at radius 2 is 2.07 bits per heavy atom. The summed E-state index contributed by atoms with van der Waals surface area (Å²) in [6.07, 6.45) is 1.91. The molecule has 4 rings (SSSR count). The highest BCUT2D eigenvalue weighted by atomic mass is 32.1. The predicted molar refractivity (Wildman–Crippen MR) is 109 cm³/mol. The molecule has 0 saturated carbocycles. The van der Waals surface area contributed by atoms with E-state index in [0.29, 0.717) is 23.7 Å². The van der Waals surface area contributed by atoms with Crippen molar-refractivity contribution < 1.29 is 14.3 Å². The third kappa shape index (κ3) is 3.32. The van der Waals surface area contributed by atoms with Crippen molar-refractivity contribution in [2.75, 3.05) is 14.2 Å². The topological polar surface area (TPSA) is 64.9 Å². The van der Waals surface area contributed by atoms with Gasteiger partial charge in [0.25, 0.3) is 5.91 Å². The van der Waals surface area contributed by atoms with Crippen molar-refractivity contribution in [3.05, 3.63) is 70.7 Å². The second kappa shape index (κ2) is 7.74. The molecule has 0 spiro atoms. The zero-order valence-electron chi connectivity index (χ0n) is 15.5. The average molecular weight is 393 g/mol. The lowest BCUT2D eigenvalue weighted by Gasteiger charge is -2.11. The lowest BCUT2D eigenvalue weighted by Crippen LogP contribution is -2.24. The number of nitrogens with zero attached hydrogens (tertiary/aromatic N) is 2. The van der Waals surface area contributed by atoms with Gasteiger partial charge in [0.2, 0.25) is 0 Å². The lowest BCUT2D eigenvalue weighted by atomic mass is 10.1. The van der Waals surface area contributed by atoms with E-state index in [4.69, 9.17) is 9.47 Å². The molecule has 0 aliphatic carbocycles. The Balaban J connectivity index is 1.66. The zero-order chi connectivity index (χ0) is 19.5. The molecule has 1 amide bonds. The molecule has 0 unspecified atom stereocenters. The summed E-state index contributed by atoms with van der Waals surface area (Å²) in [5.74, 6) is 1.15. The number of hydrogen-bond acceptors (Lipinski definition) is 5. The van der Waals surface area contributed by atoms with Crippen molar-refractivity contribution in [2.45, 2.75) is 6.54 Å². The van der Waals surface area contributed by atoms with Gasteiger partial charge in [0.15, 0.2) is 5.69 Å². The molecule has 142 valence electrons. The van der Waals surface area contributed by atoms with Gasteiger partial charge in [-0.05, 0) is 41.8 Å². The minimum Gasteiger partial charge on any atom is -0.497 e. The van der Waals surface area contributed by atoms with Crippen LogP contribution in [0, 0.1) is 0 Å². The van der Waals surface area contributed by atoms with Crippen LogP contribution in [-0.4, -0.2) is 29.5 Å². The maximum atomic E-state index is 13.0. The van der Waals surface area contributed by atoms with Gasteiger partial charge >= 0.3 is 0 Å². The second-order valence-electron chi connectivity index (χ2n) is 6.11. The number of methoxy groups -OCH3 is 2. The molecule has 7 heteroatoms. The van der Waals surface area contributed by atoms with Crippen molar-refractivity contribution in [1.29, 1.82) is 0 Å². The van der Waals surface area contributed by atoms with Gasteiger partial charge in [-0.1, -0.05) is 6.07 Å². The fraction of sp³-hybridized carbons (Fsp3) is 0.143. The molecule has 0 aliphatic heterocycles. The molecule has 0 radical (unpaired) electrons. The normalized spacial score (nSPS) is 10.8. The highest BCUT2D eigenvalue weighted by molar-refractivity contribution is 7.08.